The molecule has 3 N–H and O–H groups in total. The number of aromatic nitrogens is 1. The minimum Gasteiger partial charge on any atom is -0.454 e. The normalized spacial score (nSPS) is 14.7. The molecular weight excluding hydrogens is 507 g/mol. The van der Waals surface area contributed by atoms with Gasteiger partial charge in [-0.1, -0.05) is 30.3 Å². The summed E-state index contributed by atoms with van der Waals surface area (Å²) in [5.41, 5.74) is 1.21. The number of likely N-dealkylation sites (N-methyl/N-ethyl adjacent to an activating group) is 1. The largest absolute Gasteiger partial charge is 0.454 e. The maximum absolute atomic E-state index is 14.8. The number of likely N-dealkylation sites (tertiary alicyclic amines) is 1. The van der Waals surface area contributed by atoms with Crippen LogP contribution in [0.15, 0.2) is 66.9 Å². The summed E-state index contributed by atoms with van der Waals surface area (Å²) in [5.74, 6) is -0.326. The molecule has 0 radical (unpaired) electrons. The number of carbonyl (C=O) groups excluding carboxylic acids is 2. The van der Waals surface area contributed by atoms with Gasteiger partial charge in [-0.2, -0.15) is 0 Å². The molecule has 0 spiro atoms. The van der Waals surface area contributed by atoms with Crippen LogP contribution in [0.5, 0.6) is 11.5 Å². The highest BCUT2D eigenvalue weighted by Crippen LogP contribution is 2.28. The first-order valence-corrected chi connectivity index (χ1v) is 12.5. The van der Waals surface area contributed by atoms with Crippen LogP contribution in [-0.4, -0.2) is 65.1 Å². The Hall–Kier alpha value is -4.09. The zero-order valence-electron chi connectivity index (χ0n) is 21.1. The standard InChI is InChI=1S/C27H29FN6O3S/c1-33(2)20-11-13-34(17-20)27(36)31-24-16-21(10-12-29-24)37-23-9-8-19(15-22(23)28)30-26(38)32-25(35)14-18-6-4-3-5-7-18/h3-10,12,15-16,20H,11,13-14,17H2,1-2H3,(H,29,31,36)(H2,30,32,35,38). The van der Waals surface area contributed by atoms with Crippen molar-refractivity contribution in [3.8, 4) is 11.5 Å². The number of ether oxygens (including phenoxy) is 1. The Labute approximate surface area is 226 Å². The lowest BCUT2D eigenvalue weighted by atomic mass is 10.1. The fraction of sp³-hybridized carbons (Fsp3) is 0.259. The second-order valence-corrected chi connectivity index (χ2v) is 9.48. The van der Waals surface area contributed by atoms with Crippen molar-refractivity contribution in [2.75, 3.05) is 37.8 Å². The fourth-order valence-corrected chi connectivity index (χ4v) is 4.21. The van der Waals surface area contributed by atoms with Crippen LogP contribution in [0.25, 0.3) is 0 Å². The minimum atomic E-state index is -0.636. The molecule has 3 aromatic rings. The Morgan fingerprint density at radius 2 is 1.92 bits per heavy atom. The lowest BCUT2D eigenvalue weighted by Gasteiger charge is -2.20. The number of hydrogen-bond acceptors (Lipinski definition) is 6. The topological polar surface area (TPSA) is 98.8 Å². The molecule has 1 aliphatic rings. The zero-order chi connectivity index (χ0) is 27.1. The predicted molar refractivity (Wildman–Crippen MR) is 148 cm³/mol. The molecule has 198 valence electrons. The molecule has 2 aromatic carbocycles. The smallest absolute Gasteiger partial charge is 0.323 e. The number of halogens is 1. The number of rotatable bonds is 7. The van der Waals surface area contributed by atoms with Crippen LogP contribution in [0, 0.1) is 5.82 Å². The number of hydrogen-bond donors (Lipinski definition) is 3. The van der Waals surface area contributed by atoms with Crippen LogP contribution < -0.4 is 20.7 Å². The number of pyridine rings is 1. The summed E-state index contributed by atoms with van der Waals surface area (Å²) >= 11 is 5.17. The first-order valence-electron chi connectivity index (χ1n) is 12.1. The van der Waals surface area contributed by atoms with Gasteiger partial charge in [-0.3, -0.25) is 10.1 Å². The fourth-order valence-electron chi connectivity index (χ4n) is 3.98. The van der Waals surface area contributed by atoms with Crippen LogP contribution in [0.3, 0.4) is 0 Å². The molecule has 1 fully saturated rings. The molecule has 0 saturated carbocycles. The van der Waals surface area contributed by atoms with Gasteiger partial charge >= 0.3 is 6.03 Å². The third kappa shape index (κ3) is 7.46. The average molecular weight is 537 g/mol. The van der Waals surface area contributed by atoms with Gasteiger partial charge in [0.05, 0.1) is 6.42 Å². The molecule has 0 bridgehead atoms. The summed E-state index contributed by atoms with van der Waals surface area (Å²) in [6, 6.07) is 16.7. The van der Waals surface area contributed by atoms with Gasteiger partial charge in [0.1, 0.15) is 11.6 Å². The number of amides is 3. The molecule has 9 nitrogen and oxygen atoms in total. The van der Waals surface area contributed by atoms with E-state index in [0.717, 1.165) is 12.0 Å². The molecule has 0 aliphatic carbocycles. The number of carbonyl (C=O) groups is 2. The summed E-state index contributed by atoms with van der Waals surface area (Å²) in [6.07, 6.45) is 2.56. The van der Waals surface area contributed by atoms with Crippen LogP contribution in [0.1, 0.15) is 12.0 Å². The van der Waals surface area contributed by atoms with Crippen molar-refractivity contribution in [2.24, 2.45) is 0 Å². The molecule has 2 heterocycles. The Morgan fingerprint density at radius 1 is 1.13 bits per heavy atom. The number of urea groups is 1. The lowest BCUT2D eigenvalue weighted by molar-refractivity contribution is -0.119. The summed E-state index contributed by atoms with van der Waals surface area (Å²) in [4.78, 5) is 32.8. The molecule has 38 heavy (non-hydrogen) atoms. The Bertz CT molecular complexity index is 1310. The van der Waals surface area contributed by atoms with E-state index in [4.69, 9.17) is 17.0 Å². The highest BCUT2D eigenvalue weighted by molar-refractivity contribution is 7.80. The number of nitrogens with one attached hydrogen (secondary N) is 3. The minimum absolute atomic E-state index is 0.0218. The Balaban J connectivity index is 1.31. The second kappa shape index (κ2) is 12.4. The van der Waals surface area contributed by atoms with Gasteiger partial charge in [0.2, 0.25) is 5.91 Å². The Morgan fingerprint density at radius 3 is 2.63 bits per heavy atom. The third-order valence-electron chi connectivity index (χ3n) is 6.03. The van der Waals surface area contributed by atoms with E-state index in [1.54, 1.807) is 17.0 Å². The zero-order valence-corrected chi connectivity index (χ0v) is 21.9. The third-order valence-corrected chi connectivity index (χ3v) is 6.23. The second-order valence-electron chi connectivity index (χ2n) is 9.07. The van der Waals surface area contributed by atoms with E-state index < -0.39 is 5.82 Å². The van der Waals surface area contributed by atoms with Gasteiger partial charge < -0.3 is 25.2 Å². The number of benzene rings is 2. The van der Waals surface area contributed by atoms with Crippen LogP contribution in [-0.2, 0) is 11.2 Å². The molecule has 1 unspecified atom stereocenters. The lowest BCUT2D eigenvalue weighted by Crippen LogP contribution is -2.37. The maximum Gasteiger partial charge on any atom is 0.323 e. The molecule has 1 saturated heterocycles. The molecule has 1 atom stereocenters. The summed E-state index contributed by atoms with van der Waals surface area (Å²) in [7, 11) is 3.99. The number of nitrogens with zero attached hydrogens (tertiary/aromatic N) is 3. The molecule has 1 aliphatic heterocycles. The highest BCUT2D eigenvalue weighted by Gasteiger charge is 2.27. The van der Waals surface area contributed by atoms with E-state index in [9.17, 15) is 14.0 Å². The van der Waals surface area contributed by atoms with Gasteiger partial charge in [0.25, 0.3) is 0 Å². The van der Waals surface area contributed by atoms with Crippen molar-refractivity contribution in [1.29, 1.82) is 0 Å². The van der Waals surface area contributed by atoms with Gasteiger partial charge in [-0.05, 0) is 56.5 Å². The van der Waals surface area contributed by atoms with E-state index in [-0.39, 0.29) is 29.2 Å². The Kier molecular flexibility index (Phi) is 8.82. The van der Waals surface area contributed by atoms with Gasteiger partial charge in [0, 0.05) is 43.1 Å². The van der Waals surface area contributed by atoms with Crippen molar-refractivity contribution in [3.05, 3.63) is 78.2 Å². The van der Waals surface area contributed by atoms with Crippen molar-refractivity contribution in [3.63, 3.8) is 0 Å². The molecule has 4 rings (SSSR count). The monoisotopic (exact) mass is 536 g/mol. The quantitative estimate of drug-likeness (QED) is 0.389. The number of anilines is 2. The molecule has 1 aromatic heterocycles. The van der Waals surface area contributed by atoms with Crippen molar-refractivity contribution in [1.82, 2.24) is 20.1 Å². The summed E-state index contributed by atoms with van der Waals surface area (Å²) in [6.45, 7) is 1.30. The first-order chi connectivity index (χ1) is 18.3. The number of thiocarbonyl (C=S) groups is 1. The van der Waals surface area contributed by atoms with Crippen molar-refractivity contribution in [2.45, 2.75) is 18.9 Å². The molecular formula is C27H29FN6O3S. The van der Waals surface area contributed by atoms with E-state index in [1.165, 1.54) is 24.4 Å². The van der Waals surface area contributed by atoms with Crippen LogP contribution >= 0.6 is 12.2 Å². The first kappa shape index (κ1) is 27.0. The highest BCUT2D eigenvalue weighted by atomic mass is 32.1. The molecule has 11 heteroatoms. The van der Waals surface area contributed by atoms with Gasteiger partial charge in [0.15, 0.2) is 16.7 Å². The van der Waals surface area contributed by atoms with E-state index >= 15 is 0 Å². The van der Waals surface area contributed by atoms with E-state index in [0.29, 0.717) is 36.4 Å². The summed E-state index contributed by atoms with van der Waals surface area (Å²) < 4.78 is 20.4. The summed E-state index contributed by atoms with van der Waals surface area (Å²) in [5, 5.41) is 8.21. The van der Waals surface area contributed by atoms with Crippen LogP contribution in [0.2, 0.25) is 0 Å². The SMILES string of the molecule is CN(C)C1CCN(C(=O)Nc2cc(Oc3ccc(NC(=S)NC(=O)Cc4ccccc4)cc3F)ccn2)C1. The average Bonchev–Trinajstić information content (AvgIpc) is 3.38. The van der Waals surface area contributed by atoms with Crippen LogP contribution in [0.4, 0.5) is 20.7 Å². The van der Waals surface area contributed by atoms with E-state index in [1.807, 2.05) is 44.4 Å². The predicted octanol–water partition coefficient (Wildman–Crippen LogP) is 4.24. The van der Waals surface area contributed by atoms with Gasteiger partial charge in [-0.15, -0.1) is 0 Å². The maximum atomic E-state index is 14.8. The van der Waals surface area contributed by atoms with Gasteiger partial charge in [-0.25, -0.2) is 14.2 Å². The van der Waals surface area contributed by atoms with Crippen molar-refractivity contribution >= 4 is 40.8 Å². The van der Waals surface area contributed by atoms with Crippen molar-refractivity contribution < 1.29 is 18.7 Å². The molecule has 3 amide bonds. The van der Waals surface area contributed by atoms with E-state index in [2.05, 4.69) is 25.8 Å².